The smallest absolute Gasteiger partial charge is 0.237 e. The normalized spacial score (nSPS) is 22.5. The summed E-state index contributed by atoms with van der Waals surface area (Å²) < 4.78 is 0. The van der Waals surface area contributed by atoms with Gasteiger partial charge in [0.15, 0.2) is 0 Å². The first-order chi connectivity index (χ1) is 7.88. The van der Waals surface area contributed by atoms with Crippen LogP contribution >= 0.6 is 0 Å². The van der Waals surface area contributed by atoms with E-state index in [2.05, 4.69) is 17.1 Å². The number of likely N-dealkylation sites (tertiary alicyclic amines) is 1. The third kappa shape index (κ3) is 3.96. The number of rotatable bonds is 4. The van der Waals surface area contributed by atoms with Gasteiger partial charge in [0.25, 0.3) is 0 Å². The number of hydrogen-bond donors (Lipinski definition) is 2. The van der Waals surface area contributed by atoms with Gasteiger partial charge in [-0.1, -0.05) is 6.92 Å². The molecule has 0 aromatic carbocycles. The van der Waals surface area contributed by atoms with Crippen LogP contribution in [-0.2, 0) is 4.79 Å². The van der Waals surface area contributed by atoms with E-state index in [1.54, 1.807) is 0 Å². The number of piperidine rings is 1. The minimum atomic E-state index is -0.0280. The van der Waals surface area contributed by atoms with Gasteiger partial charge in [-0.15, -0.1) is 0 Å². The van der Waals surface area contributed by atoms with Crippen molar-refractivity contribution in [3.05, 3.63) is 0 Å². The maximum Gasteiger partial charge on any atom is 0.237 e. The van der Waals surface area contributed by atoms with Gasteiger partial charge >= 0.3 is 0 Å². The predicted octanol–water partition coefficient (Wildman–Crippen LogP) is 0.960. The van der Waals surface area contributed by atoms with Crippen molar-refractivity contribution in [2.24, 2.45) is 11.1 Å². The molecule has 1 aliphatic rings. The Kier molecular flexibility index (Phi) is 4.95. The molecule has 1 saturated heterocycles. The highest BCUT2D eigenvalue weighted by molar-refractivity contribution is 5.81. The maximum atomic E-state index is 11.9. The molecule has 17 heavy (non-hydrogen) atoms. The molecule has 0 radical (unpaired) electrons. The van der Waals surface area contributed by atoms with Gasteiger partial charge < -0.3 is 11.1 Å². The lowest BCUT2D eigenvalue weighted by Crippen LogP contribution is -2.51. The van der Waals surface area contributed by atoms with Crippen LogP contribution in [0.25, 0.3) is 0 Å². The molecule has 4 heteroatoms. The highest BCUT2D eigenvalue weighted by Gasteiger charge is 2.32. The van der Waals surface area contributed by atoms with E-state index < -0.39 is 0 Å². The number of hydrogen-bond acceptors (Lipinski definition) is 3. The van der Waals surface area contributed by atoms with Gasteiger partial charge in [-0.05, 0) is 58.7 Å². The molecule has 0 aromatic heterocycles. The average Bonchev–Trinajstić information content (AvgIpc) is 2.28. The van der Waals surface area contributed by atoms with Crippen LogP contribution in [0.4, 0.5) is 0 Å². The van der Waals surface area contributed by atoms with E-state index in [4.69, 9.17) is 5.73 Å². The Hall–Kier alpha value is -0.610. The molecule has 3 N–H and O–H groups in total. The lowest BCUT2D eigenvalue weighted by molar-refractivity contribution is -0.127. The summed E-state index contributed by atoms with van der Waals surface area (Å²) in [6, 6.07) is 0.184. The number of nitrogens with two attached hydrogens (primary N) is 1. The average molecular weight is 241 g/mol. The minimum absolute atomic E-state index is 0.0280. The molecular formula is C13H27N3O. The van der Waals surface area contributed by atoms with E-state index in [9.17, 15) is 4.79 Å². The van der Waals surface area contributed by atoms with E-state index in [0.717, 1.165) is 32.5 Å². The Bertz CT molecular complexity index is 257. The molecule has 0 spiro atoms. The van der Waals surface area contributed by atoms with Crippen molar-refractivity contribution < 1.29 is 4.79 Å². The van der Waals surface area contributed by atoms with Crippen molar-refractivity contribution in [1.82, 2.24) is 10.2 Å². The van der Waals surface area contributed by atoms with Crippen molar-refractivity contribution in [1.29, 1.82) is 0 Å². The van der Waals surface area contributed by atoms with Gasteiger partial charge in [0.05, 0.1) is 6.04 Å². The van der Waals surface area contributed by atoms with E-state index in [1.807, 2.05) is 20.8 Å². The summed E-state index contributed by atoms with van der Waals surface area (Å²) >= 11 is 0. The fraction of sp³-hybridized carbons (Fsp3) is 0.923. The van der Waals surface area contributed by atoms with E-state index >= 15 is 0 Å². The topological polar surface area (TPSA) is 58.4 Å². The summed E-state index contributed by atoms with van der Waals surface area (Å²) in [5, 5.41) is 2.97. The van der Waals surface area contributed by atoms with Gasteiger partial charge in [0.2, 0.25) is 5.91 Å². The van der Waals surface area contributed by atoms with Crippen molar-refractivity contribution in [3.8, 4) is 0 Å². The Labute approximate surface area is 105 Å². The molecule has 1 rings (SSSR count). The van der Waals surface area contributed by atoms with Crippen LogP contribution in [0.15, 0.2) is 0 Å². The van der Waals surface area contributed by atoms with Gasteiger partial charge in [-0.2, -0.15) is 0 Å². The molecular weight excluding hydrogens is 214 g/mol. The lowest BCUT2D eigenvalue weighted by Gasteiger charge is -2.40. The van der Waals surface area contributed by atoms with Crippen molar-refractivity contribution in [2.75, 3.05) is 19.6 Å². The molecule has 0 saturated carbocycles. The second-order valence-electron chi connectivity index (χ2n) is 5.89. The fourth-order valence-corrected chi connectivity index (χ4v) is 2.23. The summed E-state index contributed by atoms with van der Waals surface area (Å²) in [6.07, 6.45) is 2.17. The van der Waals surface area contributed by atoms with Crippen molar-refractivity contribution >= 4 is 5.91 Å². The third-order valence-electron chi connectivity index (χ3n) is 3.86. The number of carbonyl (C=O) groups is 1. The van der Waals surface area contributed by atoms with Crippen LogP contribution < -0.4 is 11.1 Å². The van der Waals surface area contributed by atoms with E-state index in [1.165, 1.54) is 0 Å². The molecule has 1 atom stereocenters. The first-order valence-electron chi connectivity index (χ1n) is 6.62. The highest BCUT2D eigenvalue weighted by Crippen LogP contribution is 2.30. The molecule has 1 unspecified atom stereocenters. The number of carbonyl (C=O) groups excluding carboxylic acids is 1. The minimum Gasteiger partial charge on any atom is -0.353 e. The first-order valence-corrected chi connectivity index (χ1v) is 6.62. The molecule has 4 nitrogen and oxygen atoms in total. The Morgan fingerprint density at radius 3 is 2.29 bits per heavy atom. The van der Waals surface area contributed by atoms with Crippen molar-refractivity contribution in [2.45, 2.75) is 52.6 Å². The Balaban J connectivity index is 2.45. The summed E-state index contributed by atoms with van der Waals surface area (Å²) in [4.78, 5) is 14.2. The summed E-state index contributed by atoms with van der Waals surface area (Å²) in [7, 11) is 0. The Morgan fingerprint density at radius 1 is 1.35 bits per heavy atom. The second-order valence-corrected chi connectivity index (χ2v) is 5.89. The van der Waals surface area contributed by atoms with Crippen molar-refractivity contribution in [3.63, 3.8) is 0 Å². The highest BCUT2D eigenvalue weighted by atomic mass is 16.2. The lowest BCUT2D eigenvalue weighted by atomic mass is 9.80. The van der Waals surface area contributed by atoms with Crippen LogP contribution in [0.2, 0.25) is 0 Å². The van der Waals surface area contributed by atoms with Gasteiger partial charge in [0, 0.05) is 6.04 Å². The zero-order chi connectivity index (χ0) is 13.1. The summed E-state index contributed by atoms with van der Waals surface area (Å²) in [5.74, 6) is 0.136. The number of nitrogens with zero attached hydrogens (tertiary/aromatic N) is 1. The quantitative estimate of drug-likeness (QED) is 0.771. The number of nitrogens with one attached hydrogen (secondary N) is 1. The SMILES string of the molecule is CC(C)NC(=O)C(C)N1CCC(C)(CN)CC1. The van der Waals surface area contributed by atoms with E-state index in [0.29, 0.717) is 0 Å². The van der Waals surface area contributed by atoms with Gasteiger partial charge in [0.1, 0.15) is 0 Å². The maximum absolute atomic E-state index is 11.9. The van der Waals surface area contributed by atoms with E-state index in [-0.39, 0.29) is 23.4 Å². The molecule has 1 heterocycles. The van der Waals surface area contributed by atoms with Crippen LogP contribution in [0.1, 0.15) is 40.5 Å². The summed E-state index contributed by atoms with van der Waals surface area (Å²) in [5.41, 5.74) is 6.06. The number of amides is 1. The van der Waals surface area contributed by atoms with Gasteiger partial charge in [-0.3, -0.25) is 9.69 Å². The molecule has 1 aliphatic heterocycles. The van der Waals surface area contributed by atoms with Crippen LogP contribution in [-0.4, -0.2) is 42.5 Å². The standard InChI is InChI=1S/C13H27N3O/c1-10(2)15-12(17)11(3)16-7-5-13(4,9-14)6-8-16/h10-11H,5-9,14H2,1-4H3,(H,15,17). The summed E-state index contributed by atoms with van der Waals surface area (Å²) in [6.45, 7) is 10.9. The largest absolute Gasteiger partial charge is 0.353 e. The second kappa shape index (κ2) is 5.83. The molecule has 0 bridgehead atoms. The molecule has 1 fully saturated rings. The zero-order valence-corrected chi connectivity index (χ0v) is 11.6. The third-order valence-corrected chi connectivity index (χ3v) is 3.86. The fourth-order valence-electron chi connectivity index (χ4n) is 2.23. The molecule has 100 valence electrons. The molecule has 0 aromatic rings. The Morgan fingerprint density at radius 2 is 1.88 bits per heavy atom. The monoisotopic (exact) mass is 241 g/mol. The predicted molar refractivity (Wildman–Crippen MR) is 70.7 cm³/mol. The van der Waals surface area contributed by atoms with Crippen LogP contribution in [0, 0.1) is 5.41 Å². The van der Waals surface area contributed by atoms with Crippen LogP contribution in [0.5, 0.6) is 0 Å². The van der Waals surface area contributed by atoms with Gasteiger partial charge in [-0.25, -0.2) is 0 Å². The zero-order valence-electron chi connectivity index (χ0n) is 11.6. The van der Waals surface area contributed by atoms with Crippen LogP contribution in [0.3, 0.4) is 0 Å². The molecule has 1 amide bonds. The molecule has 0 aliphatic carbocycles. The first kappa shape index (κ1) is 14.5.